The largest absolute Gasteiger partial charge is 0.416 e. The van der Waals surface area contributed by atoms with Crippen molar-refractivity contribution in [2.75, 3.05) is 0 Å². The van der Waals surface area contributed by atoms with Gasteiger partial charge in [0.15, 0.2) is 0 Å². The van der Waals surface area contributed by atoms with Gasteiger partial charge >= 0.3 is 11.0 Å². The zero-order chi connectivity index (χ0) is 14.8. The summed E-state index contributed by atoms with van der Waals surface area (Å²) in [5.74, 6) is 0. The van der Waals surface area contributed by atoms with E-state index in [0.717, 1.165) is 17.4 Å². The molecule has 2 aromatic rings. The maximum Gasteiger partial charge on any atom is 0.416 e. The van der Waals surface area contributed by atoms with E-state index in [1.54, 1.807) is 18.4 Å². The fourth-order valence-corrected chi connectivity index (χ4v) is 2.49. The second kappa shape index (κ2) is 5.80. The molecule has 0 aliphatic rings. The molecule has 2 rings (SSSR count). The lowest BCUT2D eigenvalue weighted by atomic mass is 10.0. The van der Waals surface area contributed by atoms with Gasteiger partial charge in [0.2, 0.25) is 0 Å². The third-order valence-corrected chi connectivity index (χ3v) is 3.62. The van der Waals surface area contributed by atoms with Crippen LogP contribution in [0.3, 0.4) is 0 Å². The van der Waals surface area contributed by atoms with Gasteiger partial charge in [0.1, 0.15) is 0 Å². The summed E-state index contributed by atoms with van der Waals surface area (Å²) in [6.45, 7) is 1.97. The molecule has 0 amide bonds. The van der Waals surface area contributed by atoms with Crippen LogP contribution in [0, 0.1) is 0 Å². The number of nitrogens with one attached hydrogen (secondary N) is 2. The normalized spacial score (nSPS) is 13.4. The van der Waals surface area contributed by atoms with Crippen molar-refractivity contribution in [1.82, 2.24) is 10.3 Å². The van der Waals surface area contributed by atoms with Crippen LogP contribution in [0.15, 0.2) is 34.4 Å². The predicted molar refractivity (Wildman–Crippen MR) is 71.6 cm³/mol. The van der Waals surface area contributed by atoms with E-state index < -0.39 is 17.8 Å². The Balaban J connectivity index is 2.13. The number of hydrogen-bond acceptors (Lipinski definition) is 3. The maximum atomic E-state index is 12.9. The van der Waals surface area contributed by atoms with Crippen LogP contribution >= 0.6 is 11.3 Å². The van der Waals surface area contributed by atoms with E-state index in [1.807, 2.05) is 0 Å². The minimum atomic E-state index is -4.37. The van der Waals surface area contributed by atoms with Crippen molar-refractivity contribution in [2.24, 2.45) is 0 Å². The van der Waals surface area contributed by atoms with Crippen LogP contribution in [0.25, 0.3) is 0 Å². The summed E-state index contributed by atoms with van der Waals surface area (Å²) in [7, 11) is 0. The number of aromatic nitrogens is 1. The van der Waals surface area contributed by atoms with E-state index in [9.17, 15) is 18.0 Å². The second-order valence-electron chi connectivity index (χ2n) is 4.36. The first kappa shape index (κ1) is 14.8. The number of rotatable bonds is 4. The summed E-state index contributed by atoms with van der Waals surface area (Å²) in [5, 5.41) is 4.63. The lowest BCUT2D eigenvalue weighted by Crippen LogP contribution is -2.22. The number of alkyl halides is 3. The summed E-state index contributed by atoms with van der Waals surface area (Å²) >= 11 is 1.03. The molecule has 0 aliphatic carbocycles. The lowest BCUT2D eigenvalue weighted by Gasteiger charge is -2.19. The zero-order valence-electron chi connectivity index (χ0n) is 10.6. The van der Waals surface area contributed by atoms with Crippen molar-refractivity contribution in [3.05, 3.63) is 56.1 Å². The van der Waals surface area contributed by atoms with Gasteiger partial charge in [-0.15, -0.1) is 0 Å². The highest BCUT2D eigenvalue weighted by Gasteiger charge is 2.33. The Kier molecular flexibility index (Phi) is 4.29. The zero-order valence-corrected chi connectivity index (χ0v) is 11.4. The fourth-order valence-electron chi connectivity index (χ4n) is 1.91. The van der Waals surface area contributed by atoms with E-state index in [2.05, 4.69) is 10.3 Å². The molecule has 0 radical (unpaired) electrons. The Morgan fingerprint density at radius 3 is 2.65 bits per heavy atom. The summed E-state index contributed by atoms with van der Waals surface area (Å²) < 4.78 is 38.7. The Morgan fingerprint density at radius 2 is 2.05 bits per heavy atom. The summed E-state index contributed by atoms with van der Waals surface area (Å²) in [4.78, 5) is 13.4. The number of hydrogen-bond donors (Lipinski definition) is 2. The third kappa shape index (κ3) is 3.49. The van der Waals surface area contributed by atoms with Crippen LogP contribution in [-0.2, 0) is 12.7 Å². The monoisotopic (exact) mass is 302 g/mol. The fraction of sp³-hybridized carbons (Fsp3) is 0.308. The highest BCUT2D eigenvalue weighted by atomic mass is 32.1. The van der Waals surface area contributed by atoms with Crippen LogP contribution < -0.4 is 10.2 Å². The van der Waals surface area contributed by atoms with Gasteiger partial charge in [0.05, 0.1) is 5.56 Å². The van der Waals surface area contributed by atoms with Crippen LogP contribution in [0.5, 0.6) is 0 Å². The number of H-pyrrole nitrogens is 1. The highest BCUT2D eigenvalue weighted by molar-refractivity contribution is 7.07. The number of aromatic amines is 1. The van der Waals surface area contributed by atoms with Crippen molar-refractivity contribution in [3.8, 4) is 0 Å². The van der Waals surface area contributed by atoms with Crippen molar-refractivity contribution in [2.45, 2.75) is 25.7 Å². The van der Waals surface area contributed by atoms with Crippen LogP contribution in [0.1, 0.15) is 29.8 Å². The SMILES string of the molecule is CC(NCc1csc(=O)[nH]1)c1ccccc1C(F)(F)F. The standard InChI is InChI=1S/C13H13F3N2OS/c1-8(17-6-9-7-20-12(19)18-9)10-4-2-3-5-11(10)13(14,15)16/h2-5,7-8,17H,6H2,1H3,(H,18,19). The first-order valence-corrected chi connectivity index (χ1v) is 6.82. The molecular weight excluding hydrogens is 289 g/mol. The average Bonchev–Trinajstić information content (AvgIpc) is 2.81. The van der Waals surface area contributed by atoms with Gasteiger partial charge in [-0.25, -0.2) is 0 Å². The van der Waals surface area contributed by atoms with Gasteiger partial charge in [-0.05, 0) is 18.6 Å². The highest BCUT2D eigenvalue weighted by Crippen LogP contribution is 2.34. The van der Waals surface area contributed by atoms with Gasteiger partial charge < -0.3 is 10.3 Å². The molecule has 0 bridgehead atoms. The molecule has 3 nitrogen and oxygen atoms in total. The minimum absolute atomic E-state index is 0.176. The van der Waals surface area contributed by atoms with E-state index in [1.165, 1.54) is 12.1 Å². The van der Waals surface area contributed by atoms with E-state index in [4.69, 9.17) is 0 Å². The Bertz CT molecular complexity index is 633. The first-order chi connectivity index (χ1) is 9.38. The second-order valence-corrected chi connectivity index (χ2v) is 5.20. The molecule has 0 saturated heterocycles. The van der Waals surface area contributed by atoms with Gasteiger partial charge in [-0.2, -0.15) is 13.2 Å². The molecule has 1 atom stereocenters. The van der Waals surface area contributed by atoms with Gasteiger partial charge in [-0.1, -0.05) is 29.5 Å². The maximum absolute atomic E-state index is 12.9. The van der Waals surface area contributed by atoms with Crippen LogP contribution in [0.4, 0.5) is 13.2 Å². The minimum Gasteiger partial charge on any atom is -0.315 e. The van der Waals surface area contributed by atoms with Crippen LogP contribution in [0.2, 0.25) is 0 Å². The molecule has 20 heavy (non-hydrogen) atoms. The van der Waals surface area contributed by atoms with E-state index >= 15 is 0 Å². The molecule has 0 spiro atoms. The molecular formula is C13H13F3N2OS. The molecule has 1 aromatic carbocycles. The summed E-state index contributed by atoms with van der Waals surface area (Å²) in [6, 6.07) is 5.00. The molecule has 0 saturated carbocycles. The Labute approximate surface area is 117 Å². The third-order valence-electron chi connectivity index (χ3n) is 2.90. The van der Waals surface area contributed by atoms with E-state index in [0.29, 0.717) is 12.2 Å². The summed E-state index contributed by atoms with van der Waals surface area (Å²) in [6.07, 6.45) is -4.37. The van der Waals surface area contributed by atoms with Crippen LogP contribution in [-0.4, -0.2) is 4.98 Å². The molecule has 7 heteroatoms. The van der Waals surface area contributed by atoms with Gasteiger partial charge in [-0.3, -0.25) is 4.79 Å². The van der Waals surface area contributed by atoms with Crippen molar-refractivity contribution in [3.63, 3.8) is 0 Å². The van der Waals surface area contributed by atoms with Crippen molar-refractivity contribution >= 4 is 11.3 Å². The number of benzene rings is 1. The molecule has 0 aliphatic heterocycles. The molecule has 1 heterocycles. The van der Waals surface area contributed by atoms with Crippen molar-refractivity contribution < 1.29 is 13.2 Å². The predicted octanol–water partition coefficient (Wildman–Crippen LogP) is 3.31. The number of halogens is 3. The Hall–Kier alpha value is -1.60. The quantitative estimate of drug-likeness (QED) is 0.910. The summed E-state index contributed by atoms with van der Waals surface area (Å²) in [5.41, 5.74) is 0.215. The smallest absolute Gasteiger partial charge is 0.315 e. The molecule has 2 N–H and O–H groups in total. The lowest BCUT2D eigenvalue weighted by molar-refractivity contribution is -0.138. The topological polar surface area (TPSA) is 44.9 Å². The van der Waals surface area contributed by atoms with Gasteiger partial charge in [0, 0.05) is 23.7 Å². The molecule has 1 unspecified atom stereocenters. The first-order valence-electron chi connectivity index (χ1n) is 5.94. The average molecular weight is 302 g/mol. The molecule has 108 valence electrons. The Morgan fingerprint density at radius 1 is 1.35 bits per heavy atom. The van der Waals surface area contributed by atoms with Crippen molar-refractivity contribution in [1.29, 1.82) is 0 Å². The molecule has 0 fully saturated rings. The van der Waals surface area contributed by atoms with Gasteiger partial charge in [0.25, 0.3) is 0 Å². The van der Waals surface area contributed by atoms with E-state index in [-0.39, 0.29) is 10.4 Å². The molecule has 1 aromatic heterocycles. The number of thiazole rings is 1.